The zero-order valence-corrected chi connectivity index (χ0v) is 14.5. The molecule has 1 aliphatic carbocycles. The van der Waals surface area contributed by atoms with Gasteiger partial charge < -0.3 is 15.2 Å². The smallest absolute Gasteiger partial charge is 0.329 e. The number of hydrogen-bond donors (Lipinski definition) is 2. The van der Waals surface area contributed by atoms with Gasteiger partial charge in [-0.05, 0) is 31.9 Å². The number of nitrogens with zero attached hydrogens (tertiary/aromatic N) is 1. The molecule has 2 aromatic rings. The lowest BCUT2D eigenvalue weighted by Gasteiger charge is -2.10. The molecule has 0 aliphatic heterocycles. The maximum Gasteiger partial charge on any atom is 0.329 e. The van der Waals surface area contributed by atoms with E-state index >= 15 is 0 Å². The summed E-state index contributed by atoms with van der Waals surface area (Å²) in [5, 5.41) is 14.6. The second kappa shape index (κ2) is 7.06. The van der Waals surface area contributed by atoms with Crippen molar-refractivity contribution in [2.75, 3.05) is 0 Å². The maximum atomic E-state index is 12.0. The Balaban J connectivity index is 1.64. The normalized spacial score (nSPS) is 15.1. The Morgan fingerprint density at radius 1 is 1.40 bits per heavy atom. The van der Waals surface area contributed by atoms with Gasteiger partial charge in [-0.1, -0.05) is 18.2 Å². The predicted molar refractivity (Wildman–Crippen MR) is 94.4 cm³/mol. The number of amides is 1. The van der Waals surface area contributed by atoms with Crippen molar-refractivity contribution in [2.24, 2.45) is 0 Å². The molecule has 25 heavy (non-hydrogen) atoms. The van der Waals surface area contributed by atoms with E-state index in [-0.39, 0.29) is 0 Å². The number of carboxylic acid groups (broad SMARTS) is 1. The van der Waals surface area contributed by atoms with Crippen molar-refractivity contribution in [1.29, 1.82) is 0 Å². The van der Waals surface area contributed by atoms with Gasteiger partial charge in [-0.15, -0.1) is 11.3 Å². The molecule has 0 spiro atoms. The summed E-state index contributed by atoms with van der Waals surface area (Å²) in [7, 11) is 0. The number of benzene rings is 1. The van der Waals surface area contributed by atoms with E-state index in [1.54, 1.807) is 17.4 Å². The molecule has 1 heterocycles. The van der Waals surface area contributed by atoms with Gasteiger partial charge in [0.05, 0.1) is 10.7 Å². The van der Waals surface area contributed by atoms with Crippen LogP contribution in [0.2, 0.25) is 0 Å². The molecule has 3 rings (SSSR count). The van der Waals surface area contributed by atoms with E-state index < -0.39 is 17.4 Å². The van der Waals surface area contributed by atoms with E-state index in [1.807, 2.05) is 36.6 Å². The fourth-order valence-electron chi connectivity index (χ4n) is 2.34. The maximum absolute atomic E-state index is 12.0. The monoisotopic (exact) mass is 358 g/mol. The Hall–Kier alpha value is -2.67. The molecular formula is C18H18N2O4S. The third-order valence-corrected chi connectivity index (χ3v) is 4.72. The SMILES string of the molecule is Cc1nc(COc2ccccc2/C=C/C(=O)NC2(C(=O)O)CC2)cs1. The summed E-state index contributed by atoms with van der Waals surface area (Å²) in [6.07, 6.45) is 3.89. The van der Waals surface area contributed by atoms with Gasteiger partial charge in [-0.2, -0.15) is 0 Å². The highest BCUT2D eigenvalue weighted by Crippen LogP contribution is 2.35. The number of carbonyl (C=O) groups excluding carboxylic acids is 1. The third kappa shape index (κ3) is 4.24. The van der Waals surface area contributed by atoms with Gasteiger partial charge in [0.2, 0.25) is 5.91 Å². The van der Waals surface area contributed by atoms with Crippen molar-refractivity contribution < 1.29 is 19.4 Å². The van der Waals surface area contributed by atoms with Crippen LogP contribution in [-0.4, -0.2) is 27.5 Å². The zero-order valence-electron chi connectivity index (χ0n) is 13.7. The number of rotatable bonds is 7. The highest BCUT2D eigenvalue weighted by atomic mass is 32.1. The Bertz CT molecular complexity index is 824. The Morgan fingerprint density at radius 2 is 2.16 bits per heavy atom. The van der Waals surface area contributed by atoms with Crippen molar-refractivity contribution in [3.05, 3.63) is 52.0 Å². The van der Waals surface area contributed by atoms with Crippen molar-refractivity contribution in [3.8, 4) is 5.75 Å². The number of hydrogen-bond acceptors (Lipinski definition) is 5. The predicted octanol–water partition coefficient (Wildman–Crippen LogP) is 2.78. The number of aryl methyl sites for hydroxylation is 1. The number of thiazole rings is 1. The Morgan fingerprint density at radius 3 is 2.80 bits per heavy atom. The van der Waals surface area contributed by atoms with Gasteiger partial charge in [0, 0.05) is 17.0 Å². The molecule has 0 unspecified atom stereocenters. The summed E-state index contributed by atoms with van der Waals surface area (Å²) in [6, 6.07) is 7.34. The number of aromatic nitrogens is 1. The zero-order chi connectivity index (χ0) is 17.9. The molecule has 1 saturated carbocycles. The summed E-state index contributed by atoms with van der Waals surface area (Å²) in [5.41, 5.74) is 0.515. The summed E-state index contributed by atoms with van der Waals surface area (Å²) in [4.78, 5) is 27.4. The van der Waals surface area contributed by atoms with Crippen LogP contribution in [0.25, 0.3) is 6.08 Å². The molecule has 2 N–H and O–H groups in total. The van der Waals surface area contributed by atoms with E-state index in [0.29, 0.717) is 25.2 Å². The highest BCUT2D eigenvalue weighted by Gasteiger charge is 2.51. The van der Waals surface area contributed by atoms with E-state index in [2.05, 4.69) is 10.3 Å². The van der Waals surface area contributed by atoms with Crippen LogP contribution in [0.1, 0.15) is 29.1 Å². The van der Waals surface area contributed by atoms with Gasteiger partial charge in [0.15, 0.2) is 0 Å². The standard InChI is InChI=1S/C18H18N2O4S/c1-12-19-14(11-25-12)10-24-15-5-3-2-4-13(15)6-7-16(21)20-18(8-9-18)17(22)23/h2-7,11H,8-10H2,1H3,(H,20,21)(H,22,23)/b7-6+. The van der Waals surface area contributed by atoms with E-state index in [9.17, 15) is 9.59 Å². The molecule has 1 aromatic heterocycles. The molecule has 0 bridgehead atoms. The average Bonchev–Trinajstić information content (AvgIpc) is 3.26. The van der Waals surface area contributed by atoms with Gasteiger partial charge in [-0.3, -0.25) is 4.79 Å². The van der Waals surface area contributed by atoms with Crippen LogP contribution in [0.3, 0.4) is 0 Å². The Kier molecular flexibility index (Phi) is 4.85. The lowest BCUT2D eigenvalue weighted by molar-refractivity contribution is -0.142. The van der Waals surface area contributed by atoms with Crippen LogP contribution in [0, 0.1) is 6.92 Å². The largest absolute Gasteiger partial charge is 0.487 e. The molecule has 0 atom stereocenters. The third-order valence-electron chi connectivity index (χ3n) is 3.90. The molecule has 1 aromatic carbocycles. The minimum atomic E-state index is -1.08. The molecule has 1 fully saturated rings. The topological polar surface area (TPSA) is 88.5 Å². The van der Waals surface area contributed by atoms with E-state index in [0.717, 1.165) is 16.3 Å². The lowest BCUT2D eigenvalue weighted by Crippen LogP contribution is -2.42. The van der Waals surface area contributed by atoms with Crippen molar-refractivity contribution in [1.82, 2.24) is 10.3 Å². The van der Waals surface area contributed by atoms with Crippen LogP contribution in [0.4, 0.5) is 0 Å². The average molecular weight is 358 g/mol. The van der Waals surface area contributed by atoms with Gasteiger partial charge in [0.1, 0.15) is 17.9 Å². The number of para-hydroxylation sites is 1. The van der Waals surface area contributed by atoms with Crippen LogP contribution in [-0.2, 0) is 16.2 Å². The van der Waals surface area contributed by atoms with Crippen molar-refractivity contribution in [2.45, 2.75) is 31.9 Å². The summed E-state index contributed by atoms with van der Waals surface area (Å²) in [5.74, 6) is -0.780. The number of carbonyl (C=O) groups is 2. The second-order valence-electron chi connectivity index (χ2n) is 5.89. The van der Waals surface area contributed by atoms with Crippen LogP contribution < -0.4 is 10.1 Å². The molecule has 7 heteroatoms. The number of aliphatic carboxylic acids is 1. The highest BCUT2D eigenvalue weighted by molar-refractivity contribution is 7.09. The van der Waals surface area contributed by atoms with Crippen LogP contribution in [0.5, 0.6) is 5.75 Å². The summed E-state index contributed by atoms with van der Waals surface area (Å²) < 4.78 is 5.79. The molecule has 6 nitrogen and oxygen atoms in total. The van der Waals surface area contributed by atoms with Gasteiger partial charge in [-0.25, -0.2) is 9.78 Å². The first kappa shape index (κ1) is 17.2. The van der Waals surface area contributed by atoms with Gasteiger partial charge >= 0.3 is 5.97 Å². The van der Waals surface area contributed by atoms with Crippen LogP contribution in [0.15, 0.2) is 35.7 Å². The molecule has 130 valence electrons. The molecule has 0 radical (unpaired) electrons. The molecular weight excluding hydrogens is 340 g/mol. The molecule has 1 aliphatic rings. The second-order valence-corrected chi connectivity index (χ2v) is 6.96. The van der Waals surface area contributed by atoms with E-state index in [4.69, 9.17) is 9.84 Å². The van der Waals surface area contributed by atoms with Crippen LogP contribution >= 0.6 is 11.3 Å². The first-order chi connectivity index (χ1) is 12.0. The van der Waals surface area contributed by atoms with Gasteiger partial charge in [0.25, 0.3) is 0 Å². The number of carboxylic acids is 1. The van der Waals surface area contributed by atoms with Crippen molar-refractivity contribution >= 4 is 29.3 Å². The number of ether oxygens (including phenoxy) is 1. The minimum Gasteiger partial charge on any atom is -0.487 e. The lowest BCUT2D eigenvalue weighted by atomic mass is 10.2. The number of nitrogens with one attached hydrogen (secondary N) is 1. The summed E-state index contributed by atoms with van der Waals surface area (Å²) >= 11 is 1.57. The first-order valence-electron chi connectivity index (χ1n) is 7.85. The summed E-state index contributed by atoms with van der Waals surface area (Å²) in [6.45, 7) is 2.29. The quantitative estimate of drug-likeness (QED) is 0.743. The van der Waals surface area contributed by atoms with E-state index in [1.165, 1.54) is 6.08 Å². The molecule has 0 saturated heterocycles. The first-order valence-corrected chi connectivity index (χ1v) is 8.73. The fourth-order valence-corrected chi connectivity index (χ4v) is 2.93. The minimum absolute atomic E-state index is 0.351. The Labute approximate surface area is 149 Å². The van der Waals surface area contributed by atoms with Crippen molar-refractivity contribution in [3.63, 3.8) is 0 Å². The molecule has 1 amide bonds. The fraction of sp³-hybridized carbons (Fsp3) is 0.278.